The van der Waals surface area contributed by atoms with Gasteiger partial charge in [0.2, 0.25) is 0 Å². The lowest BCUT2D eigenvalue weighted by molar-refractivity contribution is 0.599. The highest BCUT2D eigenvalue weighted by molar-refractivity contribution is 5.58. The molecule has 1 rings (SSSR count). The number of benzene rings is 1. The topological polar surface area (TPSA) is 12.4 Å². The van der Waals surface area contributed by atoms with Crippen LogP contribution in [-0.2, 0) is 0 Å². The zero-order chi connectivity index (χ0) is 20.8. The van der Waals surface area contributed by atoms with Crippen molar-refractivity contribution in [3.05, 3.63) is 48.0 Å². The van der Waals surface area contributed by atoms with Crippen LogP contribution in [0.3, 0.4) is 0 Å². The summed E-state index contributed by atoms with van der Waals surface area (Å²) in [6.45, 7) is 5.57. The van der Waals surface area contributed by atoms with Crippen molar-refractivity contribution in [2.75, 3.05) is 6.54 Å². The summed E-state index contributed by atoms with van der Waals surface area (Å²) in [5.41, 5.74) is 1.41. The molecule has 0 fully saturated rings. The van der Waals surface area contributed by atoms with E-state index in [0.29, 0.717) is 5.92 Å². The van der Waals surface area contributed by atoms with Crippen molar-refractivity contribution in [2.24, 2.45) is 4.99 Å². The minimum atomic E-state index is 0.569. The van der Waals surface area contributed by atoms with E-state index in [4.69, 9.17) is 0 Å². The van der Waals surface area contributed by atoms with E-state index < -0.39 is 0 Å². The number of unbranched alkanes of at least 4 members (excludes halogenated alkanes) is 12. The maximum Gasteiger partial charge on any atom is 0.0385 e. The Hall–Kier alpha value is -1.37. The van der Waals surface area contributed by atoms with Crippen LogP contribution in [-0.4, -0.2) is 12.8 Å². The molecule has 1 nitrogen and oxygen atoms in total. The van der Waals surface area contributed by atoms with Crippen molar-refractivity contribution in [3.63, 3.8) is 0 Å². The third-order valence-electron chi connectivity index (χ3n) is 5.76. The monoisotopic (exact) mass is 397 g/mol. The summed E-state index contributed by atoms with van der Waals surface area (Å²) in [6.07, 6.45) is 27.1. The molecule has 29 heavy (non-hydrogen) atoms. The Labute approximate surface area is 182 Å². The molecule has 0 spiro atoms. The van der Waals surface area contributed by atoms with E-state index in [1.165, 1.54) is 95.5 Å². The molecule has 0 aliphatic carbocycles. The zero-order valence-corrected chi connectivity index (χ0v) is 19.5. The summed E-state index contributed by atoms with van der Waals surface area (Å²) < 4.78 is 0. The molecule has 1 heteroatoms. The highest BCUT2D eigenvalue weighted by Crippen LogP contribution is 2.17. The molecule has 0 saturated heterocycles. The molecule has 0 amide bonds. The molecule has 0 aliphatic heterocycles. The Morgan fingerprint density at radius 2 is 1.28 bits per heavy atom. The Morgan fingerprint density at radius 3 is 1.90 bits per heavy atom. The van der Waals surface area contributed by atoms with Crippen LogP contribution < -0.4 is 0 Å². The van der Waals surface area contributed by atoms with Gasteiger partial charge in [-0.2, -0.15) is 0 Å². The van der Waals surface area contributed by atoms with Gasteiger partial charge in [0.15, 0.2) is 0 Å². The predicted molar refractivity (Wildman–Crippen MR) is 132 cm³/mol. The highest BCUT2D eigenvalue weighted by Gasteiger charge is 2.01. The number of nitrogens with zero attached hydrogens (tertiary/aromatic N) is 1. The fraction of sp³-hybridized carbons (Fsp3) is 0.679. The first-order chi connectivity index (χ1) is 14.3. The number of rotatable bonds is 19. The molecule has 1 aromatic rings. The van der Waals surface area contributed by atoms with Crippen LogP contribution in [0.4, 0.5) is 0 Å². The first kappa shape index (κ1) is 25.7. The molecule has 164 valence electrons. The second kappa shape index (κ2) is 19.9. The van der Waals surface area contributed by atoms with Crippen LogP contribution in [0.2, 0.25) is 0 Å². The smallest absolute Gasteiger partial charge is 0.0385 e. The molecule has 0 N–H and O–H groups in total. The van der Waals surface area contributed by atoms with Crippen molar-refractivity contribution >= 4 is 6.21 Å². The van der Waals surface area contributed by atoms with Crippen LogP contribution in [0.1, 0.15) is 122 Å². The third-order valence-corrected chi connectivity index (χ3v) is 5.76. The van der Waals surface area contributed by atoms with Crippen LogP contribution in [0.25, 0.3) is 0 Å². The van der Waals surface area contributed by atoms with E-state index in [9.17, 15) is 0 Å². The summed E-state index contributed by atoms with van der Waals surface area (Å²) in [5, 5.41) is 0. The Kier molecular flexibility index (Phi) is 17.6. The number of hydrogen-bond donors (Lipinski definition) is 0. The summed E-state index contributed by atoms with van der Waals surface area (Å²) in [5.74, 6) is 0.569. The number of hydrogen-bond acceptors (Lipinski definition) is 1. The molecule has 0 heterocycles. The Morgan fingerprint density at radius 1 is 0.724 bits per heavy atom. The second-order valence-electron chi connectivity index (χ2n) is 8.57. The van der Waals surface area contributed by atoms with Gasteiger partial charge in [-0.1, -0.05) is 114 Å². The average Bonchev–Trinajstić information content (AvgIpc) is 2.75. The standard InChI is InChI=1S/C28H47N/c1-3-4-5-6-7-8-9-10-11-12-13-14-15-16-17-21-25-29-26-24-27(2)28-22-19-18-20-23-28/h10-11,18-20,22-23,26-27H,3-9,12-17,21,24-25H2,1-2H3. The first-order valence-electron chi connectivity index (χ1n) is 12.5. The van der Waals surface area contributed by atoms with Gasteiger partial charge in [-0.25, -0.2) is 0 Å². The highest BCUT2D eigenvalue weighted by atomic mass is 14.7. The molecular formula is C28H47N. The maximum atomic E-state index is 4.61. The molecule has 0 aliphatic rings. The van der Waals surface area contributed by atoms with E-state index in [1.807, 2.05) is 0 Å². The van der Waals surface area contributed by atoms with E-state index in [0.717, 1.165) is 13.0 Å². The van der Waals surface area contributed by atoms with Gasteiger partial charge in [0.05, 0.1) is 0 Å². The van der Waals surface area contributed by atoms with Crippen LogP contribution >= 0.6 is 0 Å². The fourth-order valence-corrected chi connectivity index (χ4v) is 3.69. The number of aliphatic imine (C=N–C) groups is 1. The summed E-state index contributed by atoms with van der Waals surface area (Å²) in [4.78, 5) is 4.61. The largest absolute Gasteiger partial charge is 0.298 e. The Bertz CT molecular complexity index is 502. The van der Waals surface area contributed by atoms with E-state index in [-0.39, 0.29) is 0 Å². The first-order valence-corrected chi connectivity index (χ1v) is 12.5. The van der Waals surface area contributed by atoms with Gasteiger partial charge in [-0.15, -0.1) is 0 Å². The minimum absolute atomic E-state index is 0.569. The summed E-state index contributed by atoms with van der Waals surface area (Å²) >= 11 is 0. The SMILES string of the molecule is CCCCCCCCC=CCCCCCCCCN=CCC(C)c1ccccc1. The second-order valence-corrected chi connectivity index (χ2v) is 8.57. The quantitative estimate of drug-likeness (QED) is 0.125. The van der Waals surface area contributed by atoms with Crippen molar-refractivity contribution in [2.45, 2.75) is 116 Å². The van der Waals surface area contributed by atoms with E-state index in [1.54, 1.807) is 0 Å². The van der Waals surface area contributed by atoms with Crippen molar-refractivity contribution < 1.29 is 0 Å². The van der Waals surface area contributed by atoms with Crippen LogP contribution in [0.5, 0.6) is 0 Å². The van der Waals surface area contributed by atoms with Gasteiger partial charge in [0.25, 0.3) is 0 Å². The van der Waals surface area contributed by atoms with Gasteiger partial charge in [-0.05, 0) is 56.2 Å². The lowest BCUT2D eigenvalue weighted by Crippen LogP contribution is -1.94. The van der Waals surface area contributed by atoms with E-state index >= 15 is 0 Å². The van der Waals surface area contributed by atoms with Gasteiger partial charge in [0, 0.05) is 6.54 Å². The minimum Gasteiger partial charge on any atom is -0.298 e. The van der Waals surface area contributed by atoms with Gasteiger partial charge in [-0.3, -0.25) is 4.99 Å². The number of allylic oxidation sites excluding steroid dienone is 2. The predicted octanol–water partition coefficient (Wildman–Crippen LogP) is 9.29. The summed E-state index contributed by atoms with van der Waals surface area (Å²) in [6, 6.07) is 10.7. The molecule has 0 aromatic heterocycles. The van der Waals surface area contributed by atoms with Crippen molar-refractivity contribution in [3.8, 4) is 0 Å². The zero-order valence-electron chi connectivity index (χ0n) is 19.5. The van der Waals surface area contributed by atoms with Crippen molar-refractivity contribution in [1.82, 2.24) is 0 Å². The molecule has 0 radical (unpaired) electrons. The molecule has 1 atom stereocenters. The third kappa shape index (κ3) is 16.1. The van der Waals surface area contributed by atoms with Gasteiger partial charge in [0.1, 0.15) is 0 Å². The molecule has 0 saturated carbocycles. The molecular weight excluding hydrogens is 350 g/mol. The average molecular weight is 398 g/mol. The summed E-state index contributed by atoms with van der Waals surface area (Å²) in [7, 11) is 0. The lowest BCUT2D eigenvalue weighted by atomic mass is 9.99. The normalized spacial score (nSPS) is 12.9. The van der Waals surface area contributed by atoms with Gasteiger partial charge >= 0.3 is 0 Å². The molecule has 1 aromatic carbocycles. The lowest BCUT2D eigenvalue weighted by Gasteiger charge is -2.07. The fourth-order valence-electron chi connectivity index (χ4n) is 3.69. The van der Waals surface area contributed by atoms with Crippen molar-refractivity contribution in [1.29, 1.82) is 0 Å². The maximum absolute atomic E-state index is 4.61. The van der Waals surface area contributed by atoms with E-state index in [2.05, 4.69) is 67.5 Å². The molecule has 1 unspecified atom stereocenters. The van der Waals surface area contributed by atoms with Crippen LogP contribution in [0.15, 0.2) is 47.5 Å². The van der Waals surface area contributed by atoms with Gasteiger partial charge < -0.3 is 0 Å². The molecule has 0 bridgehead atoms. The van der Waals surface area contributed by atoms with Crippen LogP contribution in [0, 0.1) is 0 Å². The Balaban J connectivity index is 1.81.